The zero-order valence-electron chi connectivity index (χ0n) is 22.8. The highest BCUT2D eigenvalue weighted by Crippen LogP contribution is 2.31. The molecule has 2 aromatic heterocycles. The van der Waals surface area contributed by atoms with Crippen molar-refractivity contribution < 1.29 is 14.2 Å². The van der Waals surface area contributed by atoms with Crippen LogP contribution in [0.1, 0.15) is 28.6 Å². The van der Waals surface area contributed by atoms with Gasteiger partial charge >= 0.3 is 0 Å². The second-order valence-corrected chi connectivity index (χ2v) is 9.40. The number of H-pyrrole nitrogens is 1. The Morgan fingerprint density at radius 1 is 0.875 bits per heavy atom. The summed E-state index contributed by atoms with van der Waals surface area (Å²) in [6.07, 6.45) is 0. The number of hydrogen-bond acceptors (Lipinski definition) is 8. The molecule has 0 saturated heterocycles. The van der Waals surface area contributed by atoms with E-state index < -0.39 is 6.04 Å². The first-order valence-electron chi connectivity index (χ1n) is 13.0. The molecule has 0 amide bonds. The molecule has 2 heterocycles. The van der Waals surface area contributed by atoms with Gasteiger partial charge in [-0.25, -0.2) is 4.68 Å². The van der Waals surface area contributed by atoms with Crippen LogP contribution in [0, 0.1) is 0 Å². The Bertz CT molecular complexity index is 1600. The fourth-order valence-corrected chi connectivity index (χ4v) is 4.80. The number of tetrazole rings is 1. The topological polar surface area (TPSA) is 107 Å². The molecule has 10 nitrogen and oxygen atoms in total. The van der Waals surface area contributed by atoms with Crippen molar-refractivity contribution in [2.45, 2.75) is 25.7 Å². The maximum absolute atomic E-state index is 13.7. The normalized spacial score (nSPS) is 12.1. The van der Waals surface area contributed by atoms with Crippen LogP contribution in [-0.4, -0.2) is 58.0 Å². The monoisotopic (exact) mass is 540 g/mol. The molecule has 0 radical (unpaired) electrons. The van der Waals surface area contributed by atoms with Crippen LogP contribution >= 0.6 is 0 Å². The second-order valence-electron chi connectivity index (χ2n) is 9.40. The highest BCUT2D eigenvalue weighted by molar-refractivity contribution is 5.80. The largest absolute Gasteiger partial charge is 0.497 e. The van der Waals surface area contributed by atoms with E-state index >= 15 is 0 Å². The van der Waals surface area contributed by atoms with Gasteiger partial charge < -0.3 is 19.2 Å². The van der Waals surface area contributed by atoms with Crippen LogP contribution in [0.3, 0.4) is 0 Å². The first-order valence-corrected chi connectivity index (χ1v) is 13.0. The van der Waals surface area contributed by atoms with Crippen LogP contribution in [-0.2, 0) is 24.4 Å². The van der Waals surface area contributed by atoms with Crippen molar-refractivity contribution >= 4 is 10.9 Å². The minimum Gasteiger partial charge on any atom is -0.497 e. The van der Waals surface area contributed by atoms with E-state index in [1.807, 2.05) is 66.7 Å². The molecule has 1 atom stereocenters. The van der Waals surface area contributed by atoms with Crippen LogP contribution in [0.15, 0.2) is 83.7 Å². The highest BCUT2D eigenvalue weighted by Gasteiger charge is 2.31. The number of ether oxygens (including phenoxy) is 3. The summed E-state index contributed by atoms with van der Waals surface area (Å²) in [6, 6.07) is 25.0. The van der Waals surface area contributed by atoms with Crippen molar-refractivity contribution in [3.8, 4) is 11.5 Å². The van der Waals surface area contributed by atoms with Gasteiger partial charge in [0.1, 0.15) is 17.5 Å². The minimum atomic E-state index is -0.575. The maximum atomic E-state index is 13.7. The molecule has 5 aromatic rings. The molecule has 5 rings (SSSR count). The number of fused-ring (bicyclic) bond motifs is 1. The Morgan fingerprint density at radius 3 is 2.27 bits per heavy atom. The van der Waals surface area contributed by atoms with Crippen molar-refractivity contribution in [3.05, 3.63) is 112 Å². The SMILES string of the molecule is COCCn1nnnc1C(c1cc2cc(OC)ccc2[nH]c1=O)N(Cc1ccccc1)Cc1ccc(OC)cc1. The van der Waals surface area contributed by atoms with Gasteiger partial charge in [-0.05, 0) is 58.0 Å². The van der Waals surface area contributed by atoms with Gasteiger partial charge in [0.2, 0.25) is 0 Å². The second kappa shape index (κ2) is 12.5. The smallest absolute Gasteiger partial charge is 0.253 e. The van der Waals surface area contributed by atoms with E-state index in [1.54, 1.807) is 26.0 Å². The lowest BCUT2D eigenvalue weighted by Crippen LogP contribution is -2.35. The lowest BCUT2D eigenvalue weighted by Gasteiger charge is -2.31. The van der Waals surface area contributed by atoms with E-state index in [0.717, 1.165) is 27.8 Å². The van der Waals surface area contributed by atoms with Crippen LogP contribution in [0.2, 0.25) is 0 Å². The van der Waals surface area contributed by atoms with Crippen molar-refractivity contribution in [2.75, 3.05) is 27.9 Å². The summed E-state index contributed by atoms with van der Waals surface area (Å²) in [7, 11) is 4.90. The molecule has 0 bridgehead atoms. The van der Waals surface area contributed by atoms with E-state index in [1.165, 1.54) is 0 Å². The number of hydrogen-bond donors (Lipinski definition) is 1. The first-order chi connectivity index (χ1) is 19.6. The van der Waals surface area contributed by atoms with Crippen LogP contribution in [0.25, 0.3) is 10.9 Å². The summed E-state index contributed by atoms with van der Waals surface area (Å²) in [5, 5.41) is 13.5. The standard InChI is InChI=1S/C30H32N6O4/c1-38-16-15-36-29(32-33-34-36)28(26-18-23-17-25(40-3)13-14-27(23)31-30(26)37)35(19-21-7-5-4-6-8-21)20-22-9-11-24(39-2)12-10-22/h4-14,17-18,28H,15-16,19-20H2,1-3H3,(H,31,37). The lowest BCUT2D eigenvalue weighted by atomic mass is 10.0. The summed E-state index contributed by atoms with van der Waals surface area (Å²) < 4.78 is 17.8. The van der Waals surface area contributed by atoms with E-state index in [2.05, 4.69) is 37.5 Å². The third-order valence-corrected chi connectivity index (χ3v) is 6.82. The van der Waals surface area contributed by atoms with Crippen molar-refractivity contribution in [2.24, 2.45) is 0 Å². The summed E-state index contributed by atoms with van der Waals surface area (Å²) in [5.41, 5.74) is 3.18. The molecule has 10 heteroatoms. The number of benzene rings is 3. The third-order valence-electron chi connectivity index (χ3n) is 6.82. The Hall–Kier alpha value is -4.54. The van der Waals surface area contributed by atoms with Gasteiger partial charge in [-0.1, -0.05) is 42.5 Å². The quantitative estimate of drug-likeness (QED) is 0.253. The van der Waals surface area contributed by atoms with Gasteiger partial charge in [-0.15, -0.1) is 5.10 Å². The van der Waals surface area contributed by atoms with Crippen molar-refractivity contribution in [1.29, 1.82) is 0 Å². The number of nitrogens with one attached hydrogen (secondary N) is 1. The predicted octanol–water partition coefficient (Wildman–Crippen LogP) is 3.97. The molecule has 0 saturated carbocycles. The number of aromatic amines is 1. The van der Waals surface area contributed by atoms with Crippen molar-refractivity contribution in [1.82, 2.24) is 30.1 Å². The Morgan fingerprint density at radius 2 is 1.57 bits per heavy atom. The fraction of sp³-hybridized carbons (Fsp3) is 0.267. The van der Waals surface area contributed by atoms with Gasteiger partial charge in [-0.2, -0.15) is 0 Å². The number of rotatable bonds is 12. The van der Waals surface area contributed by atoms with Gasteiger partial charge in [0.15, 0.2) is 5.82 Å². The minimum absolute atomic E-state index is 0.211. The molecule has 3 aromatic carbocycles. The summed E-state index contributed by atoms with van der Waals surface area (Å²) in [6.45, 7) is 1.93. The van der Waals surface area contributed by atoms with Crippen LogP contribution in [0.4, 0.5) is 0 Å². The lowest BCUT2D eigenvalue weighted by molar-refractivity contribution is 0.169. The zero-order chi connectivity index (χ0) is 27.9. The molecule has 0 spiro atoms. The molecule has 1 N–H and O–H groups in total. The fourth-order valence-electron chi connectivity index (χ4n) is 4.80. The summed E-state index contributed by atoms with van der Waals surface area (Å²) in [4.78, 5) is 19.0. The Kier molecular flexibility index (Phi) is 8.48. The predicted molar refractivity (Wildman–Crippen MR) is 151 cm³/mol. The summed E-state index contributed by atoms with van der Waals surface area (Å²) >= 11 is 0. The molecule has 206 valence electrons. The molecule has 0 aliphatic heterocycles. The summed E-state index contributed by atoms with van der Waals surface area (Å²) in [5.74, 6) is 2.03. The molecule has 0 fully saturated rings. The van der Waals surface area contributed by atoms with E-state index in [-0.39, 0.29) is 5.56 Å². The van der Waals surface area contributed by atoms with Crippen molar-refractivity contribution in [3.63, 3.8) is 0 Å². The Balaban J connectivity index is 1.68. The average Bonchev–Trinajstić information content (AvgIpc) is 3.45. The van der Waals surface area contributed by atoms with E-state index in [0.29, 0.717) is 43.4 Å². The number of methoxy groups -OCH3 is 3. The average molecular weight is 541 g/mol. The maximum Gasteiger partial charge on any atom is 0.253 e. The van der Waals surface area contributed by atoms with Crippen LogP contribution in [0.5, 0.6) is 11.5 Å². The third kappa shape index (κ3) is 6.03. The molecule has 0 aliphatic carbocycles. The molecule has 0 aliphatic rings. The van der Waals surface area contributed by atoms with Gasteiger partial charge in [-0.3, -0.25) is 9.69 Å². The van der Waals surface area contributed by atoms with Gasteiger partial charge in [0.05, 0.1) is 27.4 Å². The molecule has 40 heavy (non-hydrogen) atoms. The van der Waals surface area contributed by atoms with Crippen LogP contribution < -0.4 is 15.0 Å². The van der Waals surface area contributed by atoms with E-state index in [4.69, 9.17) is 14.2 Å². The number of nitrogens with zero attached hydrogens (tertiary/aromatic N) is 5. The van der Waals surface area contributed by atoms with Gasteiger partial charge in [0.25, 0.3) is 5.56 Å². The Labute approximate surface area is 232 Å². The zero-order valence-corrected chi connectivity index (χ0v) is 22.8. The highest BCUT2D eigenvalue weighted by atomic mass is 16.5. The molecular formula is C30H32N6O4. The number of pyridine rings is 1. The van der Waals surface area contributed by atoms with E-state index in [9.17, 15) is 4.79 Å². The molecule has 1 unspecified atom stereocenters. The van der Waals surface area contributed by atoms with Gasteiger partial charge in [0, 0.05) is 36.7 Å². The molecular weight excluding hydrogens is 508 g/mol. The first kappa shape index (κ1) is 27.0. The number of aromatic nitrogens is 5.